The van der Waals surface area contributed by atoms with Crippen molar-refractivity contribution >= 4 is 34.2 Å². The lowest BCUT2D eigenvalue weighted by molar-refractivity contribution is 0.413. The van der Waals surface area contributed by atoms with E-state index in [1.54, 1.807) is 25.6 Å². The molecule has 2 aromatic heterocycles. The molecule has 1 fully saturated rings. The Morgan fingerprint density at radius 2 is 1.91 bits per heavy atom. The molecule has 3 heterocycles. The van der Waals surface area contributed by atoms with Crippen molar-refractivity contribution < 1.29 is 4.74 Å². The van der Waals surface area contributed by atoms with Gasteiger partial charge in [-0.1, -0.05) is 12.7 Å². The van der Waals surface area contributed by atoms with Crippen molar-refractivity contribution in [3.63, 3.8) is 0 Å². The summed E-state index contributed by atoms with van der Waals surface area (Å²) in [6, 6.07) is 5.58. The van der Waals surface area contributed by atoms with Gasteiger partial charge in [-0.25, -0.2) is 15.0 Å². The Bertz CT molecular complexity index is 1200. The van der Waals surface area contributed by atoms with Gasteiger partial charge in [0.25, 0.3) is 0 Å². The molecule has 0 saturated carbocycles. The van der Waals surface area contributed by atoms with Crippen LogP contribution in [0.25, 0.3) is 16.9 Å². The third kappa shape index (κ3) is 3.77. The van der Waals surface area contributed by atoms with E-state index in [0.29, 0.717) is 5.56 Å². The molecule has 9 nitrogen and oxygen atoms in total. The van der Waals surface area contributed by atoms with Gasteiger partial charge in [-0.3, -0.25) is 9.98 Å². The number of nitrogens with two attached hydrogens (primary N) is 1. The first-order chi connectivity index (χ1) is 15.4. The Labute approximate surface area is 187 Å². The van der Waals surface area contributed by atoms with E-state index in [4.69, 9.17) is 20.9 Å². The van der Waals surface area contributed by atoms with E-state index in [2.05, 4.69) is 26.3 Å². The molecule has 0 atom stereocenters. The first-order valence-corrected chi connectivity index (χ1v) is 10.5. The normalized spacial score (nSPS) is 14.7. The third-order valence-electron chi connectivity index (χ3n) is 5.71. The second-order valence-electron chi connectivity index (χ2n) is 7.68. The zero-order valence-corrected chi connectivity index (χ0v) is 18.7. The van der Waals surface area contributed by atoms with E-state index >= 15 is 0 Å². The number of hydrogen-bond acceptors (Lipinski definition) is 7. The molecule has 1 aliphatic heterocycles. The number of allylic oxidation sites excluding steroid dienone is 3. The third-order valence-corrected chi connectivity index (χ3v) is 5.71. The summed E-state index contributed by atoms with van der Waals surface area (Å²) in [6.07, 6.45) is 5.30. The topological polar surface area (TPSA) is 109 Å². The van der Waals surface area contributed by atoms with Crippen LogP contribution in [-0.2, 0) is 0 Å². The molecular formula is C23H28N8O. The number of aromatic nitrogens is 4. The number of hydrogen-bond donors (Lipinski definition) is 2. The van der Waals surface area contributed by atoms with E-state index in [0.717, 1.165) is 66.1 Å². The van der Waals surface area contributed by atoms with Gasteiger partial charge in [0.05, 0.1) is 12.8 Å². The highest BCUT2D eigenvalue weighted by Crippen LogP contribution is 2.32. The van der Waals surface area contributed by atoms with Crippen molar-refractivity contribution in [2.45, 2.75) is 13.8 Å². The molecule has 9 heteroatoms. The van der Waals surface area contributed by atoms with Crippen molar-refractivity contribution in [1.29, 1.82) is 5.41 Å². The van der Waals surface area contributed by atoms with Gasteiger partial charge in [-0.15, -0.1) is 0 Å². The first-order valence-electron chi connectivity index (χ1n) is 10.5. The number of nitrogens with one attached hydrogen (secondary N) is 1. The summed E-state index contributed by atoms with van der Waals surface area (Å²) in [6.45, 7) is 10.9. The number of benzene rings is 1. The van der Waals surface area contributed by atoms with Crippen LogP contribution < -0.4 is 20.3 Å². The molecule has 0 amide bonds. The van der Waals surface area contributed by atoms with E-state index in [-0.39, 0.29) is 5.84 Å². The number of anilines is 2. The van der Waals surface area contributed by atoms with Gasteiger partial charge in [0.2, 0.25) is 0 Å². The number of amidine groups is 1. The van der Waals surface area contributed by atoms with Crippen LogP contribution in [0.15, 0.2) is 43.3 Å². The van der Waals surface area contributed by atoms with Crippen molar-refractivity contribution in [2.75, 3.05) is 43.1 Å². The fourth-order valence-electron chi connectivity index (χ4n) is 4.15. The number of ether oxygens (including phenoxy) is 1. The predicted molar refractivity (Wildman–Crippen MR) is 129 cm³/mol. The maximum Gasteiger partial charge on any atom is 0.169 e. The molecule has 0 spiro atoms. The second-order valence-corrected chi connectivity index (χ2v) is 7.68. The van der Waals surface area contributed by atoms with Gasteiger partial charge < -0.3 is 20.3 Å². The van der Waals surface area contributed by atoms with Crippen LogP contribution in [0.5, 0.6) is 5.75 Å². The fourth-order valence-corrected chi connectivity index (χ4v) is 4.15. The minimum atomic E-state index is 0.0441. The highest BCUT2D eigenvalue weighted by Gasteiger charge is 2.24. The summed E-state index contributed by atoms with van der Waals surface area (Å²) < 4.78 is 7.57. The van der Waals surface area contributed by atoms with Gasteiger partial charge in [-0.2, -0.15) is 0 Å². The highest BCUT2D eigenvalue weighted by molar-refractivity contribution is 5.96. The van der Waals surface area contributed by atoms with Crippen molar-refractivity contribution in [2.24, 2.45) is 5.73 Å². The van der Waals surface area contributed by atoms with Crippen molar-refractivity contribution in [3.8, 4) is 5.75 Å². The zero-order valence-electron chi connectivity index (χ0n) is 18.7. The van der Waals surface area contributed by atoms with E-state index in [9.17, 15) is 0 Å². The van der Waals surface area contributed by atoms with Crippen molar-refractivity contribution in [1.82, 2.24) is 19.5 Å². The summed E-state index contributed by atoms with van der Waals surface area (Å²) in [4.78, 5) is 18.3. The number of imidazole rings is 1. The van der Waals surface area contributed by atoms with Crippen LogP contribution in [0.3, 0.4) is 0 Å². The van der Waals surface area contributed by atoms with Gasteiger partial charge in [0, 0.05) is 37.4 Å². The van der Waals surface area contributed by atoms with Crippen LogP contribution in [0, 0.1) is 12.3 Å². The first kappa shape index (κ1) is 21.4. The molecule has 1 aromatic carbocycles. The van der Waals surface area contributed by atoms with Crippen LogP contribution in [0.1, 0.15) is 18.3 Å². The molecule has 1 saturated heterocycles. The summed E-state index contributed by atoms with van der Waals surface area (Å²) in [5, 5.41) is 7.75. The fraction of sp³-hybridized carbons (Fsp3) is 0.304. The zero-order chi connectivity index (χ0) is 22.8. The highest BCUT2D eigenvalue weighted by atomic mass is 16.5. The van der Waals surface area contributed by atoms with Gasteiger partial charge in [-0.05, 0) is 38.1 Å². The maximum atomic E-state index is 7.75. The molecule has 0 unspecified atom stereocenters. The van der Waals surface area contributed by atoms with Crippen LogP contribution in [0.2, 0.25) is 0 Å². The standard InChI is InChI=1S/C23H28N8O/c1-5-6-15(2)31-16(3)28-20-22(26-14-27-23(20)31)30-11-9-29(10-12-30)18-13-17(21(24)25)7-8-19(18)32-4/h5-8,13-14H,1,9-12H2,2-4H3,(H3,24,25). The minimum Gasteiger partial charge on any atom is -0.495 e. The van der Waals surface area contributed by atoms with E-state index in [1.165, 1.54) is 0 Å². The molecule has 32 heavy (non-hydrogen) atoms. The second kappa shape index (κ2) is 8.70. The number of piperazine rings is 1. The summed E-state index contributed by atoms with van der Waals surface area (Å²) in [5.41, 5.74) is 9.92. The number of fused-ring (bicyclic) bond motifs is 1. The van der Waals surface area contributed by atoms with E-state index in [1.807, 2.05) is 36.6 Å². The lowest BCUT2D eigenvalue weighted by Gasteiger charge is -2.37. The Balaban J connectivity index is 1.61. The smallest absolute Gasteiger partial charge is 0.169 e. The summed E-state index contributed by atoms with van der Waals surface area (Å²) >= 11 is 0. The number of aryl methyl sites for hydroxylation is 1. The Morgan fingerprint density at radius 1 is 1.19 bits per heavy atom. The van der Waals surface area contributed by atoms with E-state index < -0.39 is 0 Å². The molecule has 3 aromatic rings. The lowest BCUT2D eigenvalue weighted by Crippen LogP contribution is -2.47. The summed E-state index contributed by atoms with van der Waals surface area (Å²) in [7, 11) is 1.65. The molecule has 3 N–H and O–H groups in total. The Hall–Kier alpha value is -3.88. The molecule has 1 aliphatic rings. The van der Waals surface area contributed by atoms with Crippen LogP contribution in [-0.4, -0.2) is 58.6 Å². The molecular weight excluding hydrogens is 404 g/mol. The molecule has 0 radical (unpaired) electrons. The van der Waals surface area contributed by atoms with Gasteiger partial charge in [0.1, 0.15) is 23.7 Å². The SMILES string of the molecule is C=CC=C(C)n1c(C)nc2c(N3CCN(c4cc(C(=N)N)ccc4OC)CC3)ncnc21. The van der Waals surface area contributed by atoms with Gasteiger partial charge >= 0.3 is 0 Å². The predicted octanol–water partition coefficient (Wildman–Crippen LogP) is 2.80. The number of rotatable bonds is 6. The molecule has 0 aliphatic carbocycles. The largest absolute Gasteiger partial charge is 0.495 e. The average Bonchev–Trinajstić information content (AvgIpc) is 3.14. The number of nitrogen functional groups attached to an aromatic ring is 1. The quantitative estimate of drug-likeness (QED) is 0.350. The maximum absolute atomic E-state index is 7.75. The Morgan fingerprint density at radius 3 is 2.56 bits per heavy atom. The van der Waals surface area contributed by atoms with Crippen molar-refractivity contribution in [3.05, 3.63) is 54.6 Å². The lowest BCUT2D eigenvalue weighted by atomic mass is 10.1. The average molecular weight is 433 g/mol. The van der Waals surface area contributed by atoms with Gasteiger partial charge in [0.15, 0.2) is 17.0 Å². The van der Waals surface area contributed by atoms with Crippen LogP contribution >= 0.6 is 0 Å². The Kier molecular flexibility index (Phi) is 5.81. The summed E-state index contributed by atoms with van der Waals surface area (Å²) in [5.74, 6) is 2.52. The van der Waals surface area contributed by atoms with Crippen LogP contribution in [0.4, 0.5) is 11.5 Å². The molecule has 166 valence electrons. The molecule has 4 rings (SSSR count). The number of methoxy groups -OCH3 is 1. The number of nitrogens with zero attached hydrogens (tertiary/aromatic N) is 6. The molecule has 0 bridgehead atoms. The monoisotopic (exact) mass is 432 g/mol. The minimum absolute atomic E-state index is 0.0441.